The molecule has 1 N–H and O–H groups in total. The molecule has 0 bridgehead atoms. The summed E-state index contributed by atoms with van der Waals surface area (Å²) in [6.45, 7) is 11.3. The quantitative estimate of drug-likeness (QED) is 0.900. The molecule has 2 aliphatic heterocycles. The fourth-order valence-electron chi connectivity index (χ4n) is 3.62. The topological polar surface area (TPSA) is 22.9 Å². The van der Waals surface area contributed by atoms with E-state index in [-0.39, 0.29) is 11.7 Å². The number of ether oxygens (including phenoxy) is 2. The lowest BCUT2D eigenvalue weighted by Crippen LogP contribution is -3.11. The van der Waals surface area contributed by atoms with Gasteiger partial charge in [0, 0.05) is 19.3 Å². The van der Waals surface area contributed by atoms with E-state index in [1.807, 2.05) is 0 Å². The molecule has 0 aliphatic carbocycles. The first-order chi connectivity index (χ1) is 11.0. The van der Waals surface area contributed by atoms with E-state index in [0.29, 0.717) is 6.10 Å². The molecule has 0 aromatic heterocycles. The largest absolute Gasteiger partial charge is 0.350 e. The van der Waals surface area contributed by atoms with Crippen LogP contribution in [0.4, 0.5) is 0 Å². The predicted octanol–water partition coefficient (Wildman–Crippen LogP) is 2.34. The van der Waals surface area contributed by atoms with Crippen molar-refractivity contribution in [3.63, 3.8) is 0 Å². The zero-order valence-corrected chi connectivity index (χ0v) is 14.9. The van der Waals surface area contributed by atoms with Crippen LogP contribution in [0.15, 0.2) is 24.3 Å². The highest BCUT2D eigenvalue weighted by Gasteiger charge is 2.30. The molecular weight excluding hydrogens is 286 g/mol. The highest BCUT2D eigenvalue weighted by molar-refractivity contribution is 5.27. The Hall–Kier alpha value is -0.900. The van der Waals surface area contributed by atoms with Crippen LogP contribution >= 0.6 is 0 Å². The summed E-state index contributed by atoms with van der Waals surface area (Å²) < 4.78 is 11.9. The molecule has 23 heavy (non-hydrogen) atoms. The van der Waals surface area contributed by atoms with E-state index in [1.54, 1.807) is 4.90 Å². The first-order valence-corrected chi connectivity index (χ1v) is 9.21. The zero-order valence-electron chi connectivity index (χ0n) is 14.9. The third-order valence-corrected chi connectivity index (χ3v) is 5.13. The van der Waals surface area contributed by atoms with E-state index in [4.69, 9.17) is 9.47 Å². The lowest BCUT2D eigenvalue weighted by atomic mass is 9.86. The molecule has 2 atom stereocenters. The Labute approximate surface area is 141 Å². The number of aryl methyl sites for hydroxylation is 1. The lowest BCUT2D eigenvalue weighted by Gasteiger charge is -2.19. The Kier molecular flexibility index (Phi) is 5.40. The second-order valence-electron chi connectivity index (χ2n) is 8.17. The zero-order chi connectivity index (χ0) is 16.3. The van der Waals surface area contributed by atoms with Crippen molar-refractivity contribution >= 4 is 0 Å². The van der Waals surface area contributed by atoms with Crippen molar-refractivity contribution < 1.29 is 14.4 Å². The van der Waals surface area contributed by atoms with Crippen molar-refractivity contribution in [3.8, 4) is 0 Å². The number of quaternary nitrogens is 1. The van der Waals surface area contributed by atoms with Crippen molar-refractivity contribution in [2.45, 2.75) is 64.3 Å². The molecule has 2 fully saturated rings. The van der Waals surface area contributed by atoms with Gasteiger partial charge in [0.2, 0.25) is 0 Å². The van der Waals surface area contributed by atoms with E-state index in [9.17, 15) is 0 Å². The maximum Gasteiger partial charge on any atom is 0.158 e. The Morgan fingerprint density at radius 3 is 2.43 bits per heavy atom. The number of hydrogen-bond acceptors (Lipinski definition) is 2. The summed E-state index contributed by atoms with van der Waals surface area (Å²) in [5.41, 5.74) is 2.99. The minimum atomic E-state index is -0.00991. The maximum atomic E-state index is 6.08. The summed E-state index contributed by atoms with van der Waals surface area (Å²) in [5, 5.41) is 0. The second-order valence-corrected chi connectivity index (χ2v) is 8.17. The number of likely N-dealkylation sites (tertiary alicyclic amines) is 1. The van der Waals surface area contributed by atoms with Crippen molar-refractivity contribution in [2.24, 2.45) is 0 Å². The molecule has 3 nitrogen and oxygen atoms in total. The van der Waals surface area contributed by atoms with Crippen LogP contribution in [0, 0.1) is 0 Å². The molecule has 0 spiro atoms. The van der Waals surface area contributed by atoms with Crippen LogP contribution in [0.2, 0.25) is 0 Å². The molecule has 128 valence electrons. The van der Waals surface area contributed by atoms with Gasteiger partial charge in [-0.3, -0.25) is 0 Å². The molecule has 2 saturated heterocycles. The Morgan fingerprint density at radius 2 is 1.78 bits per heavy atom. The maximum absolute atomic E-state index is 6.08. The molecule has 0 unspecified atom stereocenters. The number of nitrogens with one attached hydrogen (secondary N) is 1. The van der Waals surface area contributed by atoms with Gasteiger partial charge in [0.15, 0.2) is 6.29 Å². The Bertz CT molecular complexity index is 485. The molecule has 0 amide bonds. The summed E-state index contributed by atoms with van der Waals surface area (Å²) in [6.07, 6.45) is 5.02. The van der Waals surface area contributed by atoms with E-state index in [1.165, 1.54) is 37.1 Å². The third-order valence-electron chi connectivity index (χ3n) is 5.13. The minimum Gasteiger partial charge on any atom is -0.350 e. The molecule has 3 heteroatoms. The number of hydrogen-bond donors (Lipinski definition) is 1. The van der Waals surface area contributed by atoms with Crippen LogP contribution < -0.4 is 4.90 Å². The van der Waals surface area contributed by atoms with Gasteiger partial charge in [-0.05, 0) is 23.0 Å². The van der Waals surface area contributed by atoms with E-state index < -0.39 is 0 Å². The average Bonchev–Trinajstić information content (AvgIpc) is 3.17. The van der Waals surface area contributed by atoms with E-state index in [2.05, 4.69) is 45.0 Å². The molecule has 3 rings (SSSR count). The Morgan fingerprint density at radius 1 is 1.09 bits per heavy atom. The van der Waals surface area contributed by atoms with Gasteiger partial charge in [-0.2, -0.15) is 0 Å². The number of benzene rings is 1. The fraction of sp³-hybridized carbons (Fsp3) is 0.700. The summed E-state index contributed by atoms with van der Waals surface area (Å²) in [7, 11) is 0. The van der Waals surface area contributed by atoms with Gasteiger partial charge in [-0.15, -0.1) is 0 Å². The summed E-state index contributed by atoms with van der Waals surface area (Å²) in [5.74, 6) is 0. The molecule has 2 heterocycles. The fourth-order valence-corrected chi connectivity index (χ4v) is 3.62. The summed E-state index contributed by atoms with van der Waals surface area (Å²) in [4.78, 5) is 1.69. The Balaban J connectivity index is 1.42. The molecule has 0 radical (unpaired) electrons. The van der Waals surface area contributed by atoms with E-state index in [0.717, 1.165) is 26.0 Å². The van der Waals surface area contributed by atoms with Gasteiger partial charge in [0.25, 0.3) is 0 Å². The number of rotatable bonds is 5. The highest BCUT2D eigenvalue weighted by Crippen LogP contribution is 2.23. The highest BCUT2D eigenvalue weighted by atomic mass is 16.7. The minimum absolute atomic E-state index is 0.00991. The van der Waals surface area contributed by atoms with Crippen molar-refractivity contribution in [1.29, 1.82) is 0 Å². The van der Waals surface area contributed by atoms with Crippen molar-refractivity contribution in [3.05, 3.63) is 35.4 Å². The van der Waals surface area contributed by atoms with Crippen molar-refractivity contribution in [2.75, 3.05) is 26.2 Å². The van der Waals surface area contributed by atoms with Crippen LogP contribution in [0.25, 0.3) is 0 Å². The molecular formula is C20H32NO2+. The van der Waals surface area contributed by atoms with Gasteiger partial charge in [-0.25, -0.2) is 0 Å². The normalized spacial score (nSPS) is 26.0. The third kappa shape index (κ3) is 4.79. The second kappa shape index (κ2) is 7.33. The summed E-state index contributed by atoms with van der Waals surface area (Å²) >= 11 is 0. The summed E-state index contributed by atoms with van der Waals surface area (Å²) in [6, 6.07) is 9.01. The average molecular weight is 318 g/mol. The van der Waals surface area contributed by atoms with E-state index >= 15 is 0 Å². The SMILES string of the molecule is CC(C)(C)c1ccc(CC[C@H]2OC[C@H](C[NH+]3CCCC3)O2)cc1. The van der Waals surface area contributed by atoms with Crippen LogP contribution in [0.1, 0.15) is 51.2 Å². The van der Waals surface area contributed by atoms with Crippen LogP contribution in [0.3, 0.4) is 0 Å². The van der Waals surface area contributed by atoms with Gasteiger partial charge in [-0.1, -0.05) is 45.0 Å². The van der Waals surface area contributed by atoms with Gasteiger partial charge >= 0.3 is 0 Å². The predicted molar refractivity (Wildman–Crippen MR) is 92.9 cm³/mol. The van der Waals surface area contributed by atoms with Gasteiger partial charge in [0.05, 0.1) is 19.7 Å². The monoisotopic (exact) mass is 318 g/mol. The lowest BCUT2D eigenvalue weighted by molar-refractivity contribution is -0.890. The molecule has 1 aromatic rings. The van der Waals surface area contributed by atoms with Crippen LogP contribution in [-0.4, -0.2) is 38.6 Å². The van der Waals surface area contributed by atoms with Crippen LogP contribution in [-0.2, 0) is 21.3 Å². The van der Waals surface area contributed by atoms with Crippen LogP contribution in [0.5, 0.6) is 0 Å². The first kappa shape index (κ1) is 16.9. The molecule has 0 saturated carbocycles. The van der Waals surface area contributed by atoms with Crippen molar-refractivity contribution in [1.82, 2.24) is 0 Å². The standard InChI is InChI=1S/C20H31NO2/c1-20(2,3)17-9-6-16(7-10-17)8-11-19-22-15-18(23-19)14-21-12-4-5-13-21/h6-7,9-10,18-19H,4-5,8,11-15H2,1-3H3/p+1/t18-,19-/m0/s1. The van der Waals surface area contributed by atoms with Gasteiger partial charge < -0.3 is 14.4 Å². The molecule has 1 aromatic carbocycles. The smallest absolute Gasteiger partial charge is 0.158 e. The molecule has 2 aliphatic rings. The van der Waals surface area contributed by atoms with Gasteiger partial charge in [0.1, 0.15) is 12.6 Å². The first-order valence-electron chi connectivity index (χ1n) is 9.21.